The van der Waals surface area contributed by atoms with Crippen LogP contribution in [0.2, 0.25) is 0 Å². The van der Waals surface area contributed by atoms with Gasteiger partial charge in [-0.3, -0.25) is 0 Å². The molecular formula is C22H31F3O5. The van der Waals surface area contributed by atoms with Crippen LogP contribution in [-0.4, -0.2) is 45.4 Å². The quantitative estimate of drug-likeness (QED) is 0.545. The first-order chi connectivity index (χ1) is 14.4. The molecule has 0 bridgehead atoms. The van der Waals surface area contributed by atoms with E-state index in [2.05, 4.69) is 11.7 Å². The summed E-state index contributed by atoms with van der Waals surface area (Å²) in [5, 5.41) is 0. The molecule has 8 heteroatoms. The third kappa shape index (κ3) is 8.06. The predicted octanol–water partition coefficient (Wildman–Crippen LogP) is 5.08. The number of hydrogen-bond acceptors (Lipinski definition) is 5. The minimum atomic E-state index is -4.67. The van der Waals surface area contributed by atoms with Gasteiger partial charge < -0.3 is 23.7 Å². The molecule has 3 rings (SSSR count). The molecule has 1 aromatic carbocycles. The van der Waals surface area contributed by atoms with Crippen LogP contribution in [0, 0.1) is 11.8 Å². The van der Waals surface area contributed by atoms with Crippen LogP contribution in [0.4, 0.5) is 13.2 Å². The van der Waals surface area contributed by atoms with Gasteiger partial charge in [0.25, 0.3) is 0 Å². The number of hydrogen-bond donors (Lipinski definition) is 0. The molecular weight excluding hydrogens is 401 g/mol. The van der Waals surface area contributed by atoms with Gasteiger partial charge in [-0.05, 0) is 43.4 Å². The zero-order valence-electron chi connectivity index (χ0n) is 17.4. The monoisotopic (exact) mass is 432 g/mol. The molecule has 0 unspecified atom stereocenters. The summed E-state index contributed by atoms with van der Waals surface area (Å²) in [5.41, 5.74) is 0.909. The average molecular weight is 432 g/mol. The van der Waals surface area contributed by atoms with Gasteiger partial charge in [-0.15, -0.1) is 13.2 Å². The highest BCUT2D eigenvalue weighted by Gasteiger charge is 2.31. The predicted molar refractivity (Wildman–Crippen MR) is 104 cm³/mol. The maximum atomic E-state index is 12.2. The Hall–Kier alpha value is -1.35. The molecule has 0 N–H and O–H groups in total. The molecule has 5 nitrogen and oxygen atoms in total. The summed E-state index contributed by atoms with van der Waals surface area (Å²) in [5.74, 6) is 0.619. The van der Waals surface area contributed by atoms with E-state index in [-0.39, 0.29) is 18.3 Å². The first-order valence-electron chi connectivity index (χ1n) is 10.7. The van der Waals surface area contributed by atoms with Crippen molar-refractivity contribution in [1.82, 2.24) is 0 Å². The Labute approximate surface area is 175 Å². The fraction of sp³-hybridized carbons (Fsp3) is 0.727. The molecule has 0 atom stereocenters. The number of halogens is 3. The van der Waals surface area contributed by atoms with Crippen molar-refractivity contribution in [3.8, 4) is 5.75 Å². The Bertz CT molecular complexity index is 606. The highest BCUT2D eigenvalue weighted by Crippen LogP contribution is 2.25. The van der Waals surface area contributed by atoms with Crippen LogP contribution < -0.4 is 4.74 Å². The van der Waals surface area contributed by atoms with Gasteiger partial charge in [0.05, 0.1) is 26.4 Å². The van der Waals surface area contributed by atoms with E-state index in [0.717, 1.165) is 44.5 Å². The normalized spacial score (nSPS) is 27.7. The summed E-state index contributed by atoms with van der Waals surface area (Å²) in [7, 11) is 0. The van der Waals surface area contributed by atoms with Gasteiger partial charge in [-0.2, -0.15) is 0 Å². The van der Waals surface area contributed by atoms with Crippen LogP contribution in [0.1, 0.15) is 44.6 Å². The van der Waals surface area contributed by atoms with E-state index < -0.39 is 6.36 Å². The second kappa shape index (κ2) is 11.3. The summed E-state index contributed by atoms with van der Waals surface area (Å²) in [4.78, 5) is 0. The molecule has 0 amide bonds. The molecule has 30 heavy (non-hydrogen) atoms. The van der Waals surface area contributed by atoms with Crippen LogP contribution in [0.3, 0.4) is 0 Å². The van der Waals surface area contributed by atoms with Crippen molar-refractivity contribution in [2.45, 2.75) is 64.4 Å². The lowest BCUT2D eigenvalue weighted by atomic mass is 10.0. The highest BCUT2D eigenvalue weighted by atomic mass is 19.4. The fourth-order valence-corrected chi connectivity index (χ4v) is 3.76. The van der Waals surface area contributed by atoms with Crippen LogP contribution in [0.5, 0.6) is 5.75 Å². The first-order valence-corrected chi connectivity index (χ1v) is 10.7. The standard InChI is InChI=1S/C22H31F3O5/c1-2-3-17-12-26-21(27-13-17)11-7-18-14-28-20(29-15-18)10-6-16-4-8-19(9-5-16)30-22(23,24)25/h4-5,8-9,17-18,20-21H,2-3,6-7,10-15H2,1H3/t17-,18-,20-,21-. The molecule has 0 aromatic heterocycles. The summed E-state index contributed by atoms with van der Waals surface area (Å²) >= 11 is 0. The van der Waals surface area contributed by atoms with Crippen molar-refractivity contribution in [1.29, 1.82) is 0 Å². The van der Waals surface area contributed by atoms with Crippen molar-refractivity contribution in [2.75, 3.05) is 26.4 Å². The minimum Gasteiger partial charge on any atom is -0.406 e. The van der Waals surface area contributed by atoms with Crippen LogP contribution in [0.25, 0.3) is 0 Å². The first kappa shape index (κ1) is 23.3. The van der Waals surface area contributed by atoms with Crippen molar-refractivity contribution in [2.24, 2.45) is 11.8 Å². The minimum absolute atomic E-state index is 0.125. The molecule has 2 aliphatic rings. The number of rotatable bonds is 9. The zero-order valence-corrected chi connectivity index (χ0v) is 17.4. The average Bonchev–Trinajstić information content (AvgIpc) is 2.73. The van der Waals surface area contributed by atoms with Gasteiger partial charge in [0.2, 0.25) is 0 Å². The topological polar surface area (TPSA) is 46.2 Å². The van der Waals surface area contributed by atoms with Gasteiger partial charge in [0.15, 0.2) is 12.6 Å². The van der Waals surface area contributed by atoms with Crippen LogP contribution in [-0.2, 0) is 25.4 Å². The van der Waals surface area contributed by atoms with Crippen LogP contribution >= 0.6 is 0 Å². The second-order valence-corrected chi connectivity index (χ2v) is 8.02. The van der Waals surface area contributed by atoms with E-state index in [1.807, 2.05) is 0 Å². The van der Waals surface area contributed by atoms with Crippen LogP contribution in [0.15, 0.2) is 24.3 Å². The fourth-order valence-electron chi connectivity index (χ4n) is 3.76. The molecule has 0 aliphatic carbocycles. The molecule has 170 valence electrons. The zero-order chi connectivity index (χ0) is 21.4. The second-order valence-electron chi connectivity index (χ2n) is 8.02. The number of aryl methyl sites for hydroxylation is 1. The van der Waals surface area contributed by atoms with E-state index in [0.29, 0.717) is 37.9 Å². The molecule has 0 spiro atoms. The van der Waals surface area contributed by atoms with E-state index in [4.69, 9.17) is 18.9 Å². The summed E-state index contributed by atoms with van der Waals surface area (Å²) in [6.07, 6.45) is 0.286. The molecule has 1 aromatic rings. The molecule has 0 radical (unpaired) electrons. The van der Waals surface area contributed by atoms with Crippen molar-refractivity contribution < 1.29 is 36.9 Å². The summed E-state index contributed by atoms with van der Waals surface area (Å²) in [6, 6.07) is 5.90. The lowest BCUT2D eigenvalue weighted by Crippen LogP contribution is -2.35. The molecule has 2 aliphatic heterocycles. The van der Waals surface area contributed by atoms with Gasteiger partial charge >= 0.3 is 6.36 Å². The van der Waals surface area contributed by atoms with Gasteiger partial charge in [0, 0.05) is 18.3 Å². The lowest BCUT2D eigenvalue weighted by Gasteiger charge is -2.32. The summed E-state index contributed by atoms with van der Waals surface area (Å²) in [6.45, 7) is 5.00. The molecule has 2 saturated heterocycles. The highest BCUT2D eigenvalue weighted by molar-refractivity contribution is 5.27. The maximum Gasteiger partial charge on any atom is 0.573 e. The van der Waals surface area contributed by atoms with E-state index >= 15 is 0 Å². The number of benzene rings is 1. The Morgan fingerprint density at radius 1 is 0.800 bits per heavy atom. The number of alkyl halides is 3. The SMILES string of the molecule is CCC[C@H]1CO[C@H](CC[C@H]2CO[C@H](CCc3ccc(OC(F)(F)F)cc3)OC2)OC1. The Morgan fingerprint density at radius 3 is 1.87 bits per heavy atom. The third-order valence-corrected chi connectivity index (χ3v) is 5.40. The van der Waals surface area contributed by atoms with Gasteiger partial charge in [0.1, 0.15) is 5.75 Å². The number of ether oxygens (including phenoxy) is 5. The van der Waals surface area contributed by atoms with Gasteiger partial charge in [-0.1, -0.05) is 25.5 Å². The Balaban J connectivity index is 1.29. The Kier molecular flexibility index (Phi) is 8.80. The van der Waals surface area contributed by atoms with Crippen molar-refractivity contribution in [3.63, 3.8) is 0 Å². The largest absolute Gasteiger partial charge is 0.573 e. The molecule has 0 saturated carbocycles. The maximum absolute atomic E-state index is 12.2. The van der Waals surface area contributed by atoms with E-state index in [1.54, 1.807) is 12.1 Å². The van der Waals surface area contributed by atoms with Crippen molar-refractivity contribution in [3.05, 3.63) is 29.8 Å². The third-order valence-electron chi connectivity index (χ3n) is 5.40. The smallest absolute Gasteiger partial charge is 0.406 e. The van der Waals surface area contributed by atoms with E-state index in [9.17, 15) is 13.2 Å². The molecule has 2 fully saturated rings. The lowest BCUT2D eigenvalue weighted by molar-refractivity contribution is -0.274. The van der Waals surface area contributed by atoms with Gasteiger partial charge in [-0.25, -0.2) is 0 Å². The summed E-state index contributed by atoms with van der Waals surface area (Å²) < 4.78 is 63.7. The Morgan fingerprint density at radius 2 is 1.33 bits per heavy atom. The van der Waals surface area contributed by atoms with Crippen molar-refractivity contribution >= 4 is 0 Å². The molecule has 2 heterocycles. The van der Waals surface area contributed by atoms with E-state index in [1.165, 1.54) is 12.1 Å².